The Balaban J connectivity index is 1.87. The van der Waals surface area contributed by atoms with Crippen LogP contribution in [0.5, 0.6) is 0 Å². The summed E-state index contributed by atoms with van der Waals surface area (Å²) < 4.78 is 0. The van der Waals surface area contributed by atoms with Crippen LogP contribution in [0.2, 0.25) is 10.0 Å². The normalized spacial score (nSPS) is 11.7. The van der Waals surface area contributed by atoms with E-state index in [0.29, 0.717) is 27.5 Å². The Bertz CT molecular complexity index is 908. The third kappa shape index (κ3) is 5.23. The minimum Gasteiger partial charge on any atom is -0.394 e. The number of benzene rings is 2. The number of hydrogen-bond donors (Lipinski definition) is 4. The molecule has 0 saturated carbocycles. The molecule has 1 atom stereocenters. The Hall–Kier alpha value is -2.54. The maximum atomic E-state index is 9.29. The van der Waals surface area contributed by atoms with Gasteiger partial charge in [0.05, 0.1) is 23.0 Å². The number of hydrazine groups is 1. The number of hydrogen-bond acceptors (Lipinski definition) is 6. The Kier molecular flexibility index (Phi) is 6.34. The van der Waals surface area contributed by atoms with Crippen molar-refractivity contribution in [3.63, 3.8) is 0 Å². The predicted molar refractivity (Wildman–Crippen MR) is 111 cm³/mol. The molecule has 0 saturated heterocycles. The minimum absolute atomic E-state index is 0.0275. The summed E-state index contributed by atoms with van der Waals surface area (Å²) in [6.45, 7) is 1.82. The van der Waals surface area contributed by atoms with Gasteiger partial charge in [-0.2, -0.15) is 4.98 Å². The van der Waals surface area contributed by atoms with Crippen LogP contribution < -0.4 is 16.2 Å². The fourth-order valence-electron chi connectivity index (χ4n) is 2.32. The van der Waals surface area contributed by atoms with Crippen molar-refractivity contribution in [1.82, 2.24) is 9.97 Å². The van der Waals surface area contributed by atoms with Gasteiger partial charge in [-0.1, -0.05) is 53.5 Å². The topological polar surface area (TPSA) is 82.1 Å². The molecular weight excluding hydrogens is 385 g/mol. The van der Waals surface area contributed by atoms with E-state index in [1.165, 1.54) is 0 Å². The fraction of sp³-hybridized carbons (Fsp3) is 0.158. The Labute approximate surface area is 167 Å². The van der Waals surface area contributed by atoms with Gasteiger partial charge in [-0.25, -0.2) is 4.98 Å². The molecule has 27 heavy (non-hydrogen) atoms. The van der Waals surface area contributed by atoms with Gasteiger partial charge in [0.25, 0.3) is 0 Å². The molecule has 0 spiro atoms. The zero-order valence-electron chi connectivity index (χ0n) is 14.6. The van der Waals surface area contributed by atoms with Gasteiger partial charge in [0.1, 0.15) is 0 Å². The first kappa shape index (κ1) is 19.2. The van der Waals surface area contributed by atoms with E-state index in [4.69, 9.17) is 23.2 Å². The second-order valence-corrected chi connectivity index (χ2v) is 6.77. The average Bonchev–Trinajstić information content (AvgIpc) is 2.67. The molecule has 140 valence electrons. The van der Waals surface area contributed by atoms with Crippen LogP contribution in [0.3, 0.4) is 0 Å². The summed E-state index contributed by atoms with van der Waals surface area (Å²) in [5.41, 5.74) is 8.41. The molecule has 0 amide bonds. The summed E-state index contributed by atoms with van der Waals surface area (Å²) in [4.78, 5) is 8.96. The van der Waals surface area contributed by atoms with E-state index >= 15 is 0 Å². The van der Waals surface area contributed by atoms with Gasteiger partial charge in [-0.15, -0.1) is 0 Å². The number of halogens is 2. The number of nitrogens with one attached hydrogen (secondary N) is 3. The van der Waals surface area contributed by atoms with Crippen molar-refractivity contribution in [1.29, 1.82) is 0 Å². The molecule has 0 aliphatic heterocycles. The summed E-state index contributed by atoms with van der Waals surface area (Å²) in [6.07, 6.45) is 0. The highest BCUT2D eigenvalue weighted by Crippen LogP contribution is 2.26. The molecule has 0 radical (unpaired) electrons. The Morgan fingerprint density at radius 1 is 1.00 bits per heavy atom. The lowest BCUT2D eigenvalue weighted by Crippen LogP contribution is -2.21. The second-order valence-electron chi connectivity index (χ2n) is 5.93. The van der Waals surface area contributed by atoms with Gasteiger partial charge in [-0.05, 0) is 25.1 Å². The number of anilines is 3. The predicted octanol–water partition coefficient (Wildman–Crippen LogP) is 4.68. The minimum atomic E-state index is -0.178. The number of aliphatic hydroxyl groups excluding tert-OH is 1. The molecule has 1 aromatic heterocycles. The van der Waals surface area contributed by atoms with E-state index in [2.05, 4.69) is 26.1 Å². The fourth-order valence-corrected chi connectivity index (χ4v) is 2.78. The molecule has 2 aromatic carbocycles. The van der Waals surface area contributed by atoms with Gasteiger partial charge in [-0.3, -0.25) is 10.9 Å². The largest absolute Gasteiger partial charge is 0.394 e. The number of aromatic nitrogens is 2. The van der Waals surface area contributed by atoms with E-state index in [1.54, 1.807) is 18.2 Å². The molecular formula is C19H19Cl2N5O. The van der Waals surface area contributed by atoms with Crippen molar-refractivity contribution in [3.05, 3.63) is 64.6 Å². The summed E-state index contributed by atoms with van der Waals surface area (Å²) in [5.74, 6) is 0.951. The van der Waals surface area contributed by atoms with Crippen LogP contribution in [-0.4, -0.2) is 27.7 Å². The highest BCUT2D eigenvalue weighted by atomic mass is 35.5. The summed E-state index contributed by atoms with van der Waals surface area (Å²) >= 11 is 12.1. The van der Waals surface area contributed by atoms with Gasteiger partial charge >= 0.3 is 0 Å². The first-order valence-corrected chi connectivity index (χ1v) is 9.09. The molecule has 8 heteroatoms. The smallest absolute Gasteiger partial charge is 0.225 e. The monoisotopic (exact) mass is 403 g/mol. The van der Waals surface area contributed by atoms with Gasteiger partial charge in [0.15, 0.2) is 5.82 Å². The molecule has 0 bridgehead atoms. The quantitative estimate of drug-likeness (QED) is 0.428. The molecule has 0 aliphatic rings. The van der Waals surface area contributed by atoms with Crippen LogP contribution in [0.4, 0.5) is 17.5 Å². The Morgan fingerprint density at radius 3 is 2.48 bits per heavy atom. The van der Waals surface area contributed by atoms with Gasteiger partial charge < -0.3 is 10.4 Å². The molecule has 0 fully saturated rings. The molecule has 3 aromatic rings. The van der Waals surface area contributed by atoms with Crippen molar-refractivity contribution >= 4 is 40.7 Å². The SMILES string of the molecule is C[C@H](CO)Nc1nc(NNc2ccc(Cl)cc2Cl)cc(-c2ccccc2)n1. The molecule has 1 heterocycles. The third-order valence-electron chi connectivity index (χ3n) is 3.70. The first-order chi connectivity index (χ1) is 13.0. The van der Waals surface area contributed by atoms with Crippen LogP contribution in [0.1, 0.15) is 6.92 Å². The molecule has 0 aliphatic carbocycles. The van der Waals surface area contributed by atoms with Crippen molar-refractivity contribution < 1.29 is 5.11 Å². The van der Waals surface area contributed by atoms with Crippen molar-refractivity contribution in [2.75, 3.05) is 22.8 Å². The van der Waals surface area contributed by atoms with Gasteiger partial charge in [0, 0.05) is 22.7 Å². The van der Waals surface area contributed by atoms with Gasteiger partial charge in [0.2, 0.25) is 5.95 Å². The molecule has 4 N–H and O–H groups in total. The average molecular weight is 404 g/mol. The van der Waals surface area contributed by atoms with Crippen LogP contribution >= 0.6 is 23.2 Å². The lowest BCUT2D eigenvalue weighted by atomic mass is 10.1. The van der Waals surface area contributed by atoms with E-state index in [0.717, 1.165) is 11.3 Å². The van der Waals surface area contributed by atoms with Crippen LogP contribution in [0.15, 0.2) is 54.6 Å². The summed E-state index contributed by atoms with van der Waals surface area (Å²) in [7, 11) is 0. The first-order valence-electron chi connectivity index (χ1n) is 8.34. The van der Waals surface area contributed by atoms with E-state index in [-0.39, 0.29) is 12.6 Å². The van der Waals surface area contributed by atoms with Crippen LogP contribution in [0, 0.1) is 0 Å². The third-order valence-corrected chi connectivity index (χ3v) is 4.25. The van der Waals surface area contributed by atoms with E-state index in [9.17, 15) is 5.11 Å². The van der Waals surface area contributed by atoms with E-state index < -0.39 is 0 Å². The lowest BCUT2D eigenvalue weighted by Gasteiger charge is -2.15. The Morgan fingerprint density at radius 2 is 1.78 bits per heavy atom. The summed E-state index contributed by atoms with van der Waals surface area (Å²) in [5, 5.41) is 13.4. The highest BCUT2D eigenvalue weighted by Gasteiger charge is 2.09. The summed E-state index contributed by atoms with van der Waals surface area (Å²) in [6, 6.07) is 16.6. The lowest BCUT2D eigenvalue weighted by molar-refractivity contribution is 0.281. The maximum Gasteiger partial charge on any atom is 0.225 e. The molecule has 0 unspecified atom stereocenters. The van der Waals surface area contributed by atoms with Crippen LogP contribution in [-0.2, 0) is 0 Å². The number of rotatable bonds is 7. The highest BCUT2D eigenvalue weighted by molar-refractivity contribution is 6.36. The number of aliphatic hydroxyl groups is 1. The van der Waals surface area contributed by atoms with Crippen molar-refractivity contribution in [2.45, 2.75) is 13.0 Å². The zero-order chi connectivity index (χ0) is 19.2. The van der Waals surface area contributed by atoms with Crippen molar-refractivity contribution in [2.24, 2.45) is 0 Å². The second kappa shape index (κ2) is 8.90. The van der Waals surface area contributed by atoms with Crippen molar-refractivity contribution in [3.8, 4) is 11.3 Å². The van der Waals surface area contributed by atoms with Crippen LogP contribution in [0.25, 0.3) is 11.3 Å². The number of nitrogens with zero attached hydrogens (tertiary/aromatic N) is 2. The standard InChI is InChI=1S/C19H19Cl2N5O/c1-12(11-27)22-19-23-17(13-5-3-2-4-6-13)10-18(24-19)26-25-16-8-7-14(20)9-15(16)21/h2-10,12,25,27H,11H2,1H3,(H2,22,23,24,26)/t12-/m1/s1. The zero-order valence-corrected chi connectivity index (χ0v) is 16.1. The maximum absolute atomic E-state index is 9.29. The molecule has 3 rings (SSSR count). The molecule has 6 nitrogen and oxygen atoms in total. The van der Waals surface area contributed by atoms with E-state index in [1.807, 2.05) is 43.3 Å².